The number of hydrogen-bond acceptors (Lipinski definition) is 8. The minimum absolute atomic E-state index is 0.0129. The third-order valence-electron chi connectivity index (χ3n) is 6.34. The van der Waals surface area contributed by atoms with Crippen molar-refractivity contribution in [1.82, 2.24) is 24.6 Å². The van der Waals surface area contributed by atoms with Crippen LogP contribution in [0.3, 0.4) is 0 Å². The first-order chi connectivity index (χ1) is 18.7. The van der Waals surface area contributed by atoms with Crippen LogP contribution in [0.5, 0.6) is 11.8 Å². The number of aryl methyl sites for hydroxylation is 1. The van der Waals surface area contributed by atoms with Gasteiger partial charge in [-0.3, -0.25) is 19.1 Å². The molecule has 2 N–H and O–H groups in total. The van der Waals surface area contributed by atoms with Gasteiger partial charge in [-0.1, -0.05) is 13.0 Å². The lowest BCUT2D eigenvalue weighted by Crippen LogP contribution is -2.60. The zero-order valence-corrected chi connectivity index (χ0v) is 22.4. The lowest BCUT2D eigenvalue weighted by atomic mass is 9.83. The Kier molecular flexibility index (Phi) is 8.97. The smallest absolute Gasteiger partial charge is 0.253 e. The van der Waals surface area contributed by atoms with Gasteiger partial charge in [-0.05, 0) is 25.3 Å². The van der Waals surface area contributed by atoms with Gasteiger partial charge in [0.15, 0.2) is 11.3 Å². The summed E-state index contributed by atoms with van der Waals surface area (Å²) in [5.41, 5.74) is 1.51. The lowest BCUT2D eigenvalue weighted by Gasteiger charge is -2.47. The number of pyridine rings is 2. The van der Waals surface area contributed by atoms with Crippen molar-refractivity contribution in [3.8, 4) is 11.8 Å². The Morgan fingerprint density at radius 2 is 2.08 bits per heavy atom. The van der Waals surface area contributed by atoms with Gasteiger partial charge in [0.05, 0.1) is 25.6 Å². The molecule has 2 fully saturated rings. The summed E-state index contributed by atoms with van der Waals surface area (Å²) in [5, 5.41) is 6.97. The topological polar surface area (TPSA) is 141 Å². The molecule has 2 aliphatic rings. The molecule has 0 radical (unpaired) electrons. The molecular formula is C27H34N6O6. The number of amides is 2. The maximum Gasteiger partial charge on any atom is 0.253 e. The fourth-order valence-electron chi connectivity index (χ4n) is 4.23. The van der Waals surface area contributed by atoms with Crippen LogP contribution in [-0.4, -0.2) is 76.0 Å². The largest absolute Gasteiger partial charge is 0.482 e. The molecule has 12 nitrogen and oxygen atoms in total. The third kappa shape index (κ3) is 7.90. The van der Waals surface area contributed by atoms with E-state index in [0.717, 1.165) is 18.4 Å². The van der Waals surface area contributed by atoms with E-state index in [1.165, 1.54) is 23.9 Å². The normalized spacial score (nSPS) is 17.4. The van der Waals surface area contributed by atoms with Crippen molar-refractivity contribution in [2.45, 2.75) is 39.3 Å². The standard InChI is InChI=1S/C21H27N5O4.C6H7NO2/c1-15-5-6-18(22-8-15)30-14-21(2)12-25(13-21)19(27)11-26-10-16(9-23-26)24-20(28)17-4-3-7-29-17;1-9-6-4-5(8)2-3-7-6/h5-6,8-10,17H,3-4,7,11-14H2,1-2H3,(H,24,28);2-4H,1H3,(H,7,8). The number of anilines is 1. The van der Waals surface area contributed by atoms with Gasteiger partial charge in [0.1, 0.15) is 12.6 Å². The molecule has 12 heteroatoms. The SMILES string of the molecule is COc1cc(=O)cc[nH]1.Cc1ccc(OCC2(C)CN(C(=O)Cn3cc(NC(=O)C4CCCO4)cn3)C2)nc1. The average Bonchev–Trinajstić information content (AvgIpc) is 3.60. The van der Waals surface area contributed by atoms with Crippen LogP contribution >= 0.6 is 0 Å². The Morgan fingerprint density at radius 3 is 2.72 bits per heavy atom. The van der Waals surface area contributed by atoms with Crippen LogP contribution in [0.25, 0.3) is 0 Å². The van der Waals surface area contributed by atoms with Crippen molar-refractivity contribution in [3.63, 3.8) is 0 Å². The number of hydrogen-bond donors (Lipinski definition) is 2. The fraction of sp³-hybridized carbons (Fsp3) is 0.444. The first-order valence-corrected chi connectivity index (χ1v) is 12.7. The van der Waals surface area contributed by atoms with Crippen molar-refractivity contribution in [2.75, 3.05) is 38.7 Å². The Hall–Kier alpha value is -4.19. The van der Waals surface area contributed by atoms with Crippen molar-refractivity contribution in [3.05, 3.63) is 64.8 Å². The Labute approximate surface area is 226 Å². The van der Waals surface area contributed by atoms with Crippen molar-refractivity contribution in [2.24, 2.45) is 5.41 Å². The molecule has 5 rings (SSSR count). The van der Waals surface area contributed by atoms with E-state index in [0.29, 0.717) is 43.8 Å². The molecule has 39 heavy (non-hydrogen) atoms. The zero-order valence-electron chi connectivity index (χ0n) is 22.4. The number of methoxy groups -OCH3 is 1. The number of rotatable bonds is 8. The van der Waals surface area contributed by atoms with E-state index in [1.807, 2.05) is 19.1 Å². The number of nitrogens with zero attached hydrogens (tertiary/aromatic N) is 4. The van der Waals surface area contributed by atoms with Crippen LogP contribution in [0.2, 0.25) is 0 Å². The second kappa shape index (κ2) is 12.6. The van der Waals surface area contributed by atoms with Gasteiger partial charge in [-0.2, -0.15) is 5.10 Å². The molecule has 2 saturated heterocycles. The number of carbonyl (C=O) groups excluding carboxylic acids is 2. The molecule has 2 amide bonds. The summed E-state index contributed by atoms with van der Waals surface area (Å²) < 4.78 is 17.4. The summed E-state index contributed by atoms with van der Waals surface area (Å²) in [6.07, 6.45) is 7.75. The number of H-pyrrole nitrogens is 1. The first kappa shape index (κ1) is 27.8. The summed E-state index contributed by atoms with van der Waals surface area (Å²) in [6.45, 7) is 6.59. The molecule has 5 heterocycles. The number of carbonyl (C=O) groups is 2. The minimum atomic E-state index is -0.397. The van der Waals surface area contributed by atoms with E-state index in [9.17, 15) is 14.4 Å². The van der Waals surface area contributed by atoms with Gasteiger partial charge >= 0.3 is 0 Å². The second-order valence-corrected chi connectivity index (χ2v) is 10.0. The van der Waals surface area contributed by atoms with E-state index in [2.05, 4.69) is 27.3 Å². The van der Waals surface area contributed by atoms with E-state index < -0.39 is 6.10 Å². The molecule has 1 unspecified atom stereocenters. The van der Waals surface area contributed by atoms with Crippen molar-refractivity contribution in [1.29, 1.82) is 0 Å². The second-order valence-electron chi connectivity index (χ2n) is 10.0. The molecule has 0 bridgehead atoms. The van der Waals surface area contributed by atoms with Crippen LogP contribution < -0.4 is 20.2 Å². The maximum atomic E-state index is 12.5. The molecule has 3 aromatic rings. The van der Waals surface area contributed by atoms with Crippen LogP contribution in [0.15, 0.2) is 53.8 Å². The monoisotopic (exact) mass is 538 g/mol. The average molecular weight is 539 g/mol. The van der Waals surface area contributed by atoms with E-state index in [4.69, 9.17) is 14.2 Å². The van der Waals surface area contributed by atoms with Crippen molar-refractivity contribution >= 4 is 17.5 Å². The number of nitrogens with one attached hydrogen (secondary N) is 2. The Balaban J connectivity index is 0.000000333. The molecule has 2 aliphatic heterocycles. The predicted octanol–water partition coefficient (Wildman–Crippen LogP) is 2.02. The molecule has 208 valence electrons. The van der Waals surface area contributed by atoms with E-state index >= 15 is 0 Å². The van der Waals surface area contributed by atoms with Gasteiger partial charge in [0, 0.05) is 61.9 Å². The predicted molar refractivity (Wildman–Crippen MR) is 143 cm³/mol. The fourth-order valence-corrected chi connectivity index (χ4v) is 4.23. The summed E-state index contributed by atoms with van der Waals surface area (Å²) in [4.78, 5) is 44.0. The van der Waals surface area contributed by atoms with Gasteiger partial charge in [-0.15, -0.1) is 0 Å². The number of ether oxygens (including phenoxy) is 3. The minimum Gasteiger partial charge on any atom is -0.482 e. The number of aromatic amines is 1. The molecule has 0 spiro atoms. The van der Waals surface area contributed by atoms with Crippen molar-refractivity contribution < 1.29 is 23.8 Å². The first-order valence-electron chi connectivity index (χ1n) is 12.7. The third-order valence-corrected chi connectivity index (χ3v) is 6.34. The number of aromatic nitrogens is 4. The van der Waals surface area contributed by atoms with E-state index in [1.54, 1.807) is 29.7 Å². The summed E-state index contributed by atoms with van der Waals surface area (Å²) in [5.74, 6) is 0.907. The molecular weight excluding hydrogens is 504 g/mol. The highest BCUT2D eigenvalue weighted by Gasteiger charge is 2.42. The molecule has 0 aromatic carbocycles. The summed E-state index contributed by atoms with van der Waals surface area (Å²) in [7, 11) is 1.51. The maximum absolute atomic E-state index is 12.5. The molecule has 0 saturated carbocycles. The molecule has 3 aromatic heterocycles. The van der Waals surface area contributed by atoms with Crippen LogP contribution in [-0.2, 0) is 20.9 Å². The highest BCUT2D eigenvalue weighted by atomic mass is 16.5. The van der Waals surface area contributed by atoms with Crippen LogP contribution in [0.1, 0.15) is 25.3 Å². The van der Waals surface area contributed by atoms with Gasteiger partial charge in [-0.25, -0.2) is 4.98 Å². The van der Waals surface area contributed by atoms with Crippen LogP contribution in [0, 0.1) is 12.3 Å². The Bertz CT molecular complexity index is 1310. The lowest BCUT2D eigenvalue weighted by molar-refractivity contribution is -0.145. The Morgan fingerprint density at radius 1 is 1.26 bits per heavy atom. The molecule has 0 aliphatic carbocycles. The van der Waals surface area contributed by atoms with Gasteiger partial charge < -0.3 is 29.4 Å². The van der Waals surface area contributed by atoms with Gasteiger partial charge in [0.2, 0.25) is 11.8 Å². The zero-order chi connectivity index (χ0) is 27.8. The number of likely N-dealkylation sites (tertiary alicyclic amines) is 1. The van der Waals surface area contributed by atoms with Gasteiger partial charge in [0.25, 0.3) is 5.91 Å². The highest BCUT2D eigenvalue weighted by molar-refractivity contribution is 5.94. The molecule has 1 atom stereocenters. The van der Waals surface area contributed by atoms with E-state index in [-0.39, 0.29) is 29.2 Å². The summed E-state index contributed by atoms with van der Waals surface area (Å²) >= 11 is 0. The summed E-state index contributed by atoms with van der Waals surface area (Å²) in [6, 6.07) is 6.64. The quantitative estimate of drug-likeness (QED) is 0.444. The van der Waals surface area contributed by atoms with Crippen LogP contribution in [0.4, 0.5) is 5.69 Å². The highest BCUT2D eigenvalue weighted by Crippen LogP contribution is 2.30.